The lowest BCUT2D eigenvalue weighted by Gasteiger charge is -2.39. The Labute approximate surface area is 236 Å². The molecule has 8 heteroatoms. The number of piperidine rings is 1. The average molecular weight is 548 g/mol. The number of fused-ring (bicyclic) bond motifs is 2. The topological polar surface area (TPSA) is 73.2 Å². The van der Waals surface area contributed by atoms with E-state index in [2.05, 4.69) is 30.0 Å². The molecule has 0 saturated carbocycles. The summed E-state index contributed by atoms with van der Waals surface area (Å²) in [5.41, 5.74) is 3.64. The summed E-state index contributed by atoms with van der Waals surface area (Å²) in [6.45, 7) is 14.4. The number of rotatable bonds is 6. The van der Waals surface area contributed by atoms with Gasteiger partial charge in [0.05, 0.1) is 5.52 Å². The van der Waals surface area contributed by atoms with Crippen LogP contribution < -0.4 is 15.0 Å². The molecule has 214 valence electrons. The summed E-state index contributed by atoms with van der Waals surface area (Å²) < 4.78 is 19.1. The largest absolute Gasteiger partial charge is 0.486 e. The molecule has 0 aliphatic carbocycles. The highest BCUT2D eigenvalue weighted by Gasteiger charge is 2.31. The van der Waals surface area contributed by atoms with E-state index < -0.39 is 5.60 Å². The zero-order valence-corrected chi connectivity index (χ0v) is 24.4. The van der Waals surface area contributed by atoms with E-state index in [1.807, 2.05) is 55.4 Å². The Kier molecular flexibility index (Phi) is 8.08. The number of pyridine rings is 1. The quantitative estimate of drug-likeness (QED) is 0.418. The molecule has 1 aromatic heterocycles. The molecule has 1 saturated heterocycles. The summed E-state index contributed by atoms with van der Waals surface area (Å²) in [6, 6.07) is 13.9. The second kappa shape index (κ2) is 11.5. The summed E-state index contributed by atoms with van der Waals surface area (Å²) in [5, 5.41) is 1.13. The summed E-state index contributed by atoms with van der Waals surface area (Å²) in [5.74, 6) is 1.46. The van der Waals surface area contributed by atoms with Crippen LogP contribution in [0.3, 0.4) is 0 Å². The Morgan fingerprint density at radius 3 is 2.42 bits per heavy atom. The lowest BCUT2D eigenvalue weighted by molar-refractivity contribution is 0.00562. The SMILES string of the molecule is Cc1ccc2c(c1)c(C)cc(=O)n2CCN1CCC(N(Cc2ccc3c(c2)OCCO3)C(=O)OC(C)(C)C)CC1. The molecule has 1 fully saturated rings. The molecule has 0 atom stereocenters. The molecule has 3 heterocycles. The van der Waals surface area contributed by atoms with Crippen molar-refractivity contribution in [2.24, 2.45) is 0 Å². The van der Waals surface area contributed by atoms with Crippen molar-refractivity contribution < 1.29 is 19.0 Å². The first-order chi connectivity index (χ1) is 19.1. The van der Waals surface area contributed by atoms with Crippen LogP contribution in [0.4, 0.5) is 4.79 Å². The van der Waals surface area contributed by atoms with Crippen molar-refractivity contribution in [3.63, 3.8) is 0 Å². The van der Waals surface area contributed by atoms with Gasteiger partial charge < -0.3 is 28.6 Å². The van der Waals surface area contributed by atoms with Crippen molar-refractivity contribution in [3.8, 4) is 11.5 Å². The smallest absolute Gasteiger partial charge is 0.410 e. The van der Waals surface area contributed by atoms with Crippen molar-refractivity contribution in [2.75, 3.05) is 32.8 Å². The number of benzene rings is 2. The fourth-order valence-electron chi connectivity index (χ4n) is 5.63. The molecule has 40 heavy (non-hydrogen) atoms. The van der Waals surface area contributed by atoms with Crippen LogP contribution in [0.15, 0.2) is 47.3 Å². The van der Waals surface area contributed by atoms with Crippen molar-refractivity contribution in [1.29, 1.82) is 0 Å². The molecule has 2 aliphatic rings. The van der Waals surface area contributed by atoms with Crippen LogP contribution in [0.2, 0.25) is 0 Å². The highest BCUT2D eigenvalue weighted by atomic mass is 16.6. The van der Waals surface area contributed by atoms with Crippen LogP contribution in [-0.2, 0) is 17.8 Å². The summed E-state index contributed by atoms with van der Waals surface area (Å²) in [4.78, 5) is 30.5. The number of hydrogen-bond donors (Lipinski definition) is 0. The molecule has 2 aliphatic heterocycles. The third-order valence-corrected chi connectivity index (χ3v) is 7.70. The van der Waals surface area contributed by atoms with E-state index >= 15 is 0 Å². The number of hydrogen-bond acceptors (Lipinski definition) is 6. The molecule has 0 N–H and O–H groups in total. The minimum Gasteiger partial charge on any atom is -0.486 e. The molecule has 5 rings (SSSR count). The first-order valence-electron chi connectivity index (χ1n) is 14.3. The van der Waals surface area contributed by atoms with Gasteiger partial charge in [-0.3, -0.25) is 4.79 Å². The van der Waals surface area contributed by atoms with Gasteiger partial charge in [0.15, 0.2) is 11.5 Å². The Hall–Kier alpha value is -3.52. The van der Waals surface area contributed by atoms with Crippen LogP contribution in [0.1, 0.15) is 50.3 Å². The third-order valence-electron chi connectivity index (χ3n) is 7.70. The monoisotopic (exact) mass is 547 g/mol. The highest BCUT2D eigenvalue weighted by molar-refractivity contribution is 5.83. The molecule has 3 aromatic rings. The predicted molar refractivity (Wildman–Crippen MR) is 156 cm³/mol. The van der Waals surface area contributed by atoms with E-state index in [1.165, 1.54) is 5.56 Å². The Balaban J connectivity index is 1.26. The van der Waals surface area contributed by atoms with Crippen molar-refractivity contribution in [2.45, 2.75) is 72.2 Å². The van der Waals surface area contributed by atoms with E-state index in [4.69, 9.17) is 14.2 Å². The number of carbonyl (C=O) groups is 1. The first-order valence-corrected chi connectivity index (χ1v) is 14.3. The minimum absolute atomic E-state index is 0.0410. The van der Waals surface area contributed by atoms with Crippen molar-refractivity contribution >= 4 is 17.0 Å². The van der Waals surface area contributed by atoms with E-state index in [0.717, 1.165) is 66.0 Å². The standard InChI is InChI=1S/C32H41N3O5/c1-22-6-8-27-26(18-22)23(2)19-30(36)34(27)15-14-33-12-10-25(11-13-33)35(31(37)40-32(3,4)5)21-24-7-9-28-29(20-24)39-17-16-38-28/h6-9,18-20,25H,10-17,21H2,1-5H3. The second-order valence-corrected chi connectivity index (χ2v) is 12.0. The predicted octanol–water partition coefficient (Wildman–Crippen LogP) is 5.29. The number of aryl methyl sites for hydroxylation is 2. The second-order valence-electron chi connectivity index (χ2n) is 12.0. The third kappa shape index (κ3) is 6.44. The lowest BCUT2D eigenvalue weighted by atomic mass is 10.0. The Morgan fingerprint density at radius 1 is 0.975 bits per heavy atom. The Bertz CT molecular complexity index is 1430. The molecule has 2 aromatic carbocycles. The van der Waals surface area contributed by atoms with Crippen LogP contribution in [0, 0.1) is 13.8 Å². The van der Waals surface area contributed by atoms with Crippen molar-refractivity contribution in [3.05, 3.63) is 69.5 Å². The fourth-order valence-corrected chi connectivity index (χ4v) is 5.63. The van der Waals surface area contributed by atoms with Gasteiger partial charge in [-0.15, -0.1) is 0 Å². The maximum absolute atomic E-state index is 13.4. The molecule has 0 radical (unpaired) electrons. The van der Waals surface area contributed by atoms with E-state index in [0.29, 0.717) is 26.3 Å². The van der Waals surface area contributed by atoms with Gasteiger partial charge in [-0.05, 0) is 82.9 Å². The fraction of sp³-hybridized carbons (Fsp3) is 0.500. The van der Waals surface area contributed by atoms with Gasteiger partial charge in [0.1, 0.15) is 18.8 Å². The number of ether oxygens (including phenoxy) is 3. The lowest BCUT2D eigenvalue weighted by Crippen LogP contribution is -2.49. The summed E-state index contributed by atoms with van der Waals surface area (Å²) in [6.07, 6.45) is 1.38. The number of likely N-dealkylation sites (tertiary alicyclic amines) is 1. The highest BCUT2D eigenvalue weighted by Crippen LogP contribution is 2.32. The van der Waals surface area contributed by atoms with Crippen LogP contribution in [0.5, 0.6) is 11.5 Å². The number of amides is 1. The Morgan fingerprint density at radius 2 is 1.70 bits per heavy atom. The van der Waals surface area contributed by atoms with Gasteiger partial charge >= 0.3 is 6.09 Å². The van der Waals surface area contributed by atoms with Crippen molar-refractivity contribution in [1.82, 2.24) is 14.4 Å². The molecule has 8 nitrogen and oxygen atoms in total. The molecule has 0 unspecified atom stereocenters. The van der Waals surface area contributed by atoms with Gasteiger partial charge in [0, 0.05) is 50.2 Å². The molecule has 1 amide bonds. The minimum atomic E-state index is -0.578. The molecular weight excluding hydrogens is 506 g/mol. The van der Waals surface area contributed by atoms with Gasteiger partial charge in [0.2, 0.25) is 0 Å². The van der Waals surface area contributed by atoms with Crippen LogP contribution in [0.25, 0.3) is 10.9 Å². The van der Waals surface area contributed by atoms with Crippen LogP contribution in [-0.4, -0.2) is 65.0 Å². The maximum atomic E-state index is 13.4. The first kappa shape index (κ1) is 28.0. The zero-order chi connectivity index (χ0) is 28.4. The maximum Gasteiger partial charge on any atom is 0.410 e. The van der Waals surface area contributed by atoms with Crippen LogP contribution >= 0.6 is 0 Å². The van der Waals surface area contributed by atoms with E-state index in [1.54, 1.807) is 6.07 Å². The van der Waals surface area contributed by atoms with Gasteiger partial charge in [-0.1, -0.05) is 17.7 Å². The normalized spacial score (nSPS) is 16.2. The molecule has 0 bridgehead atoms. The number of aromatic nitrogens is 1. The number of nitrogens with zero attached hydrogens (tertiary/aromatic N) is 3. The van der Waals surface area contributed by atoms with E-state index in [9.17, 15) is 9.59 Å². The zero-order valence-electron chi connectivity index (χ0n) is 24.4. The summed E-state index contributed by atoms with van der Waals surface area (Å²) in [7, 11) is 0. The summed E-state index contributed by atoms with van der Waals surface area (Å²) >= 11 is 0. The van der Waals surface area contributed by atoms with E-state index in [-0.39, 0.29) is 17.7 Å². The average Bonchev–Trinajstić information content (AvgIpc) is 2.91. The van der Waals surface area contributed by atoms with Gasteiger partial charge in [-0.2, -0.15) is 0 Å². The van der Waals surface area contributed by atoms with Gasteiger partial charge in [-0.25, -0.2) is 4.79 Å². The molecular formula is C32H41N3O5. The molecule has 0 spiro atoms. The number of carbonyl (C=O) groups excluding carboxylic acids is 1. The van der Waals surface area contributed by atoms with Gasteiger partial charge in [0.25, 0.3) is 5.56 Å².